The van der Waals surface area contributed by atoms with Crippen LogP contribution in [0.5, 0.6) is 0 Å². The van der Waals surface area contributed by atoms with Crippen LogP contribution in [0.3, 0.4) is 0 Å². The second kappa shape index (κ2) is 5.47. The fourth-order valence-electron chi connectivity index (χ4n) is 2.76. The Labute approximate surface area is 118 Å². The van der Waals surface area contributed by atoms with Gasteiger partial charge >= 0.3 is 0 Å². The summed E-state index contributed by atoms with van der Waals surface area (Å²) in [6, 6.07) is 17.4. The Kier molecular flexibility index (Phi) is 3.52. The molecule has 3 nitrogen and oxygen atoms in total. The van der Waals surface area contributed by atoms with Crippen LogP contribution in [0.25, 0.3) is 0 Å². The van der Waals surface area contributed by atoms with Gasteiger partial charge in [-0.1, -0.05) is 54.6 Å². The lowest BCUT2D eigenvalue weighted by Crippen LogP contribution is -2.41. The van der Waals surface area contributed by atoms with Crippen LogP contribution in [0, 0.1) is 0 Å². The summed E-state index contributed by atoms with van der Waals surface area (Å²) < 4.78 is 0. The van der Waals surface area contributed by atoms with Crippen LogP contribution >= 0.6 is 0 Å². The number of hydrogen-bond acceptors (Lipinski definition) is 2. The smallest absolute Gasteiger partial charge is 0.241 e. The van der Waals surface area contributed by atoms with E-state index in [1.54, 1.807) is 0 Å². The first-order chi connectivity index (χ1) is 9.74. The molecule has 0 bridgehead atoms. The molecular weight excluding hydrogens is 248 g/mol. The summed E-state index contributed by atoms with van der Waals surface area (Å²) in [5.74, 6) is -0.103. The molecule has 0 radical (unpaired) electrons. The van der Waals surface area contributed by atoms with Crippen LogP contribution in [-0.2, 0) is 17.6 Å². The zero-order chi connectivity index (χ0) is 13.9. The Morgan fingerprint density at radius 1 is 1.00 bits per heavy atom. The summed E-state index contributed by atoms with van der Waals surface area (Å²) in [5.41, 5.74) is 9.51. The molecule has 1 aliphatic rings. The van der Waals surface area contributed by atoms with E-state index in [9.17, 15) is 4.79 Å². The molecule has 1 amide bonds. The van der Waals surface area contributed by atoms with Crippen LogP contribution in [0.1, 0.15) is 22.7 Å². The number of amides is 1. The van der Waals surface area contributed by atoms with E-state index >= 15 is 0 Å². The van der Waals surface area contributed by atoms with Gasteiger partial charge in [-0.2, -0.15) is 0 Å². The second-order valence-corrected chi connectivity index (χ2v) is 5.27. The van der Waals surface area contributed by atoms with E-state index in [4.69, 9.17) is 5.73 Å². The lowest BCUT2D eigenvalue weighted by molar-refractivity contribution is -0.123. The van der Waals surface area contributed by atoms with Crippen LogP contribution in [0.4, 0.5) is 0 Å². The molecule has 0 aliphatic heterocycles. The number of carbonyl (C=O) groups excluding carboxylic acids is 1. The van der Waals surface area contributed by atoms with E-state index in [2.05, 4.69) is 17.4 Å². The van der Waals surface area contributed by atoms with Crippen molar-refractivity contribution in [2.75, 3.05) is 0 Å². The molecule has 3 rings (SSSR count). The van der Waals surface area contributed by atoms with Crippen molar-refractivity contribution in [1.82, 2.24) is 5.32 Å². The molecule has 0 spiro atoms. The fourth-order valence-corrected chi connectivity index (χ4v) is 2.76. The summed E-state index contributed by atoms with van der Waals surface area (Å²) >= 11 is 0. The molecule has 0 aromatic heterocycles. The first-order valence-corrected chi connectivity index (χ1v) is 6.92. The predicted octanol–water partition coefficient (Wildman–Crippen LogP) is 1.97. The van der Waals surface area contributed by atoms with E-state index < -0.39 is 6.04 Å². The van der Waals surface area contributed by atoms with Gasteiger partial charge in [0.05, 0.1) is 0 Å². The van der Waals surface area contributed by atoms with Crippen molar-refractivity contribution in [2.45, 2.75) is 24.9 Å². The van der Waals surface area contributed by atoms with Crippen molar-refractivity contribution in [1.29, 1.82) is 0 Å². The molecule has 0 heterocycles. The number of hydrogen-bond donors (Lipinski definition) is 2. The molecular formula is C17H18N2O. The molecule has 0 unspecified atom stereocenters. The highest BCUT2D eigenvalue weighted by molar-refractivity contribution is 5.83. The number of rotatable bonds is 3. The summed E-state index contributed by atoms with van der Waals surface area (Å²) in [6.45, 7) is 0. The van der Waals surface area contributed by atoms with Gasteiger partial charge in [0.2, 0.25) is 5.91 Å². The number of benzene rings is 2. The summed E-state index contributed by atoms with van der Waals surface area (Å²) in [7, 11) is 0. The third-order valence-corrected chi connectivity index (χ3v) is 3.84. The molecule has 102 valence electrons. The van der Waals surface area contributed by atoms with Crippen LogP contribution in [-0.4, -0.2) is 11.9 Å². The van der Waals surface area contributed by atoms with Gasteiger partial charge in [-0.25, -0.2) is 0 Å². The average Bonchev–Trinajstić information content (AvgIpc) is 2.89. The first kappa shape index (κ1) is 12.9. The highest BCUT2D eigenvalue weighted by atomic mass is 16.2. The van der Waals surface area contributed by atoms with Crippen molar-refractivity contribution >= 4 is 5.91 Å². The SMILES string of the molecule is N[C@@H](C(=O)NC1Cc2ccccc2C1)c1ccccc1. The average molecular weight is 266 g/mol. The molecule has 0 fully saturated rings. The Morgan fingerprint density at radius 2 is 1.55 bits per heavy atom. The maximum Gasteiger partial charge on any atom is 0.241 e. The predicted molar refractivity (Wildman–Crippen MR) is 79.2 cm³/mol. The van der Waals surface area contributed by atoms with Gasteiger partial charge in [-0.05, 0) is 29.5 Å². The monoisotopic (exact) mass is 266 g/mol. The quantitative estimate of drug-likeness (QED) is 0.892. The van der Waals surface area contributed by atoms with Gasteiger partial charge in [0.1, 0.15) is 6.04 Å². The van der Waals surface area contributed by atoms with E-state index in [1.165, 1.54) is 11.1 Å². The fraction of sp³-hybridized carbons (Fsp3) is 0.235. The molecule has 3 N–H and O–H groups in total. The Hall–Kier alpha value is -2.13. The van der Waals surface area contributed by atoms with Crippen LogP contribution in [0.15, 0.2) is 54.6 Å². The van der Waals surface area contributed by atoms with Crippen molar-refractivity contribution < 1.29 is 4.79 Å². The molecule has 2 aromatic rings. The Balaban J connectivity index is 1.64. The Morgan fingerprint density at radius 3 is 2.15 bits per heavy atom. The van der Waals surface area contributed by atoms with Crippen LogP contribution in [0.2, 0.25) is 0 Å². The maximum atomic E-state index is 12.2. The number of nitrogens with two attached hydrogens (primary N) is 1. The van der Waals surface area contributed by atoms with Gasteiger partial charge in [-0.15, -0.1) is 0 Å². The standard InChI is InChI=1S/C17H18N2O/c18-16(12-6-2-1-3-7-12)17(20)19-15-10-13-8-4-5-9-14(13)11-15/h1-9,15-16H,10-11,18H2,(H,19,20)/t16-/m1/s1. The number of nitrogens with one attached hydrogen (secondary N) is 1. The van der Waals surface area contributed by atoms with Gasteiger partial charge < -0.3 is 11.1 Å². The minimum Gasteiger partial charge on any atom is -0.351 e. The van der Waals surface area contributed by atoms with E-state index in [1.807, 2.05) is 42.5 Å². The maximum absolute atomic E-state index is 12.2. The molecule has 1 atom stereocenters. The lowest BCUT2D eigenvalue weighted by Gasteiger charge is -2.16. The third kappa shape index (κ3) is 2.58. The molecule has 0 saturated heterocycles. The first-order valence-electron chi connectivity index (χ1n) is 6.92. The Bertz CT molecular complexity index is 584. The minimum absolute atomic E-state index is 0.103. The van der Waals surface area contributed by atoms with E-state index in [-0.39, 0.29) is 11.9 Å². The highest BCUT2D eigenvalue weighted by Crippen LogP contribution is 2.22. The molecule has 3 heteroatoms. The lowest BCUT2D eigenvalue weighted by atomic mass is 10.1. The largest absolute Gasteiger partial charge is 0.351 e. The van der Waals surface area contributed by atoms with Gasteiger partial charge in [0.25, 0.3) is 0 Å². The van der Waals surface area contributed by atoms with E-state index in [0.717, 1.165) is 18.4 Å². The minimum atomic E-state index is -0.597. The number of fused-ring (bicyclic) bond motifs is 1. The summed E-state index contributed by atoms with van der Waals surface area (Å²) in [5, 5.41) is 3.06. The zero-order valence-corrected chi connectivity index (χ0v) is 11.3. The second-order valence-electron chi connectivity index (χ2n) is 5.27. The molecule has 20 heavy (non-hydrogen) atoms. The zero-order valence-electron chi connectivity index (χ0n) is 11.3. The topological polar surface area (TPSA) is 55.1 Å². The molecule has 2 aromatic carbocycles. The van der Waals surface area contributed by atoms with E-state index in [0.29, 0.717) is 0 Å². The van der Waals surface area contributed by atoms with Crippen molar-refractivity contribution in [3.63, 3.8) is 0 Å². The van der Waals surface area contributed by atoms with Crippen molar-refractivity contribution in [2.24, 2.45) is 5.73 Å². The van der Waals surface area contributed by atoms with Gasteiger partial charge in [-0.3, -0.25) is 4.79 Å². The van der Waals surface area contributed by atoms with Crippen molar-refractivity contribution in [3.05, 3.63) is 71.3 Å². The van der Waals surface area contributed by atoms with Crippen LogP contribution < -0.4 is 11.1 Å². The summed E-state index contributed by atoms with van der Waals surface area (Å²) in [6.07, 6.45) is 1.78. The third-order valence-electron chi connectivity index (χ3n) is 3.84. The summed E-state index contributed by atoms with van der Waals surface area (Å²) in [4.78, 5) is 12.2. The van der Waals surface area contributed by atoms with Gasteiger partial charge in [0, 0.05) is 6.04 Å². The highest BCUT2D eigenvalue weighted by Gasteiger charge is 2.24. The van der Waals surface area contributed by atoms with Crippen molar-refractivity contribution in [3.8, 4) is 0 Å². The normalized spacial score (nSPS) is 15.7. The molecule has 0 saturated carbocycles. The van der Waals surface area contributed by atoms with Gasteiger partial charge in [0.15, 0.2) is 0 Å². The molecule has 1 aliphatic carbocycles. The number of carbonyl (C=O) groups is 1.